The van der Waals surface area contributed by atoms with Crippen LogP contribution in [0.3, 0.4) is 0 Å². The molecule has 17 heavy (non-hydrogen) atoms. The van der Waals surface area contributed by atoms with Crippen molar-refractivity contribution < 1.29 is 0 Å². The minimum absolute atomic E-state index is 0.241. The summed E-state index contributed by atoms with van der Waals surface area (Å²) >= 11 is 0. The second-order valence-corrected chi connectivity index (χ2v) is 6.53. The van der Waals surface area contributed by atoms with Gasteiger partial charge in [-0.05, 0) is 30.7 Å². The molecule has 1 aliphatic carbocycles. The predicted octanol–water partition coefficient (Wildman–Crippen LogP) is 3.26. The molecular formula is C15H32N2. The van der Waals surface area contributed by atoms with Gasteiger partial charge in [-0.15, -0.1) is 0 Å². The Bertz CT molecular complexity index is 237. The summed E-state index contributed by atoms with van der Waals surface area (Å²) in [6.07, 6.45) is 5.20. The number of likely N-dealkylation sites (N-methyl/N-ethyl adjacent to an activating group) is 1. The van der Waals surface area contributed by atoms with Crippen molar-refractivity contribution >= 4 is 0 Å². The number of hydrogen-bond donors (Lipinski definition) is 1. The molecule has 0 bridgehead atoms. The number of rotatable bonds is 6. The minimum atomic E-state index is 0.241. The van der Waals surface area contributed by atoms with Crippen molar-refractivity contribution in [2.75, 3.05) is 19.6 Å². The van der Waals surface area contributed by atoms with E-state index in [-0.39, 0.29) is 5.54 Å². The maximum Gasteiger partial charge on any atom is 0.0382 e. The van der Waals surface area contributed by atoms with Crippen molar-refractivity contribution in [3.05, 3.63) is 0 Å². The first-order chi connectivity index (χ1) is 7.93. The van der Waals surface area contributed by atoms with Crippen LogP contribution in [0.5, 0.6) is 0 Å². The average molecular weight is 240 g/mol. The van der Waals surface area contributed by atoms with Gasteiger partial charge in [-0.1, -0.05) is 47.5 Å². The summed E-state index contributed by atoms with van der Waals surface area (Å²) in [4.78, 5) is 2.67. The summed E-state index contributed by atoms with van der Waals surface area (Å²) in [6.45, 7) is 14.9. The van der Waals surface area contributed by atoms with E-state index in [0.29, 0.717) is 5.41 Å². The quantitative estimate of drug-likeness (QED) is 0.772. The van der Waals surface area contributed by atoms with Gasteiger partial charge >= 0.3 is 0 Å². The molecule has 2 nitrogen and oxygen atoms in total. The number of hydrogen-bond acceptors (Lipinski definition) is 2. The molecule has 0 amide bonds. The maximum atomic E-state index is 6.20. The predicted molar refractivity (Wildman–Crippen MR) is 76.1 cm³/mol. The van der Waals surface area contributed by atoms with E-state index in [2.05, 4.69) is 39.5 Å². The highest BCUT2D eigenvalue weighted by Gasteiger charge is 2.50. The molecule has 1 fully saturated rings. The molecule has 2 atom stereocenters. The minimum Gasteiger partial charge on any atom is -0.329 e. The lowest BCUT2D eigenvalue weighted by Crippen LogP contribution is -2.60. The van der Waals surface area contributed by atoms with Crippen LogP contribution in [0.25, 0.3) is 0 Å². The monoisotopic (exact) mass is 240 g/mol. The van der Waals surface area contributed by atoms with Gasteiger partial charge in [0.1, 0.15) is 0 Å². The zero-order chi connectivity index (χ0) is 13.1. The van der Waals surface area contributed by atoms with Crippen LogP contribution >= 0.6 is 0 Å². The Morgan fingerprint density at radius 3 is 2.24 bits per heavy atom. The van der Waals surface area contributed by atoms with E-state index >= 15 is 0 Å². The second-order valence-electron chi connectivity index (χ2n) is 6.53. The van der Waals surface area contributed by atoms with E-state index in [1.807, 2.05) is 0 Å². The van der Waals surface area contributed by atoms with Crippen molar-refractivity contribution in [3.8, 4) is 0 Å². The van der Waals surface area contributed by atoms with Gasteiger partial charge in [-0.25, -0.2) is 0 Å². The van der Waals surface area contributed by atoms with Gasteiger partial charge < -0.3 is 5.73 Å². The fourth-order valence-corrected chi connectivity index (χ4v) is 3.60. The first kappa shape index (κ1) is 15.0. The summed E-state index contributed by atoms with van der Waals surface area (Å²) in [5, 5.41) is 0. The fraction of sp³-hybridized carbons (Fsp3) is 1.00. The molecule has 0 aliphatic heterocycles. The van der Waals surface area contributed by atoms with Crippen LogP contribution < -0.4 is 5.73 Å². The Morgan fingerprint density at radius 1 is 1.24 bits per heavy atom. The first-order valence-electron chi connectivity index (χ1n) is 7.38. The molecule has 0 aromatic carbocycles. The molecule has 2 heteroatoms. The number of nitrogens with zero attached hydrogens (tertiary/aromatic N) is 1. The van der Waals surface area contributed by atoms with E-state index in [1.54, 1.807) is 0 Å². The molecule has 0 aromatic rings. The standard InChI is InChI=1S/C15H32N2/c1-6-13(3)11-17(7-2)15(12-16)10-8-9-14(15,4)5/h13H,6-12,16H2,1-5H3. The van der Waals surface area contributed by atoms with Crippen molar-refractivity contribution in [1.29, 1.82) is 0 Å². The smallest absolute Gasteiger partial charge is 0.0382 e. The van der Waals surface area contributed by atoms with Gasteiger partial charge in [0.15, 0.2) is 0 Å². The van der Waals surface area contributed by atoms with Gasteiger partial charge in [-0.2, -0.15) is 0 Å². The normalized spacial score (nSPS) is 29.8. The Balaban J connectivity index is 2.89. The lowest BCUT2D eigenvalue weighted by atomic mass is 9.73. The van der Waals surface area contributed by atoms with Gasteiger partial charge in [0, 0.05) is 18.6 Å². The van der Waals surface area contributed by atoms with Crippen LogP contribution in [-0.4, -0.2) is 30.1 Å². The fourth-order valence-electron chi connectivity index (χ4n) is 3.60. The Labute approximate surface area is 108 Å². The summed E-state index contributed by atoms with van der Waals surface area (Å²) in [7, 11) is 0. The maximum absolute atomic E-state index is 6.20. The summed E-state index contributed by atoms with van der Waals surface area (Å²) in [5.41, 5.74) is 6.80. The van der Waals surface area contributed by atoms with Gasteiger partial charge in [0.05, 0.1) is 0 Å². The average Bonchev–Trinajstić information content (AvgIpc) is 2.61. The second kappa shape index (κ2) is 5.71. The van der Waals surface area contributed by atoms with Crippen LogP contribution in [0, 0.1) is 11.3 Å². The molecule has 0 heterocycles. The highest BCUT2D eigenvalue weighted by atomic mass is 15.2. The van der Waals surface area contributed by atoms with Gasteiger partial charge in [-0.3, -0.25) is 4.90 Å². The molecular weight excluding hydrogens is 208 g/mol. The molecule has 2 unspecified atom stereocenters. The van der Waals surface area contributed by atoms with E-state index < -0.39 is 0 Å². The zero-order valence-electron chi connectivity index (χ0n) is 12.6. The van der Waals surface area contributed by atoms with Crippen molar-refractivity contribution in [3.63, 3.8) is 0 Å². The largest absolute Gasteiger partial charge is 0.329 e. The molecule has 1 rings (SSSR count). The zero-order valence-corrected chi connectivity index (χ0v) is 12.6. The highest BCUT2D eigenvalue weighted by molar-refractivity contribution is 5.07. The molecule has 102 valence electrons. The molecule has 1 aliphatic rings. The highest BCUT2D eigenvalue weighted by Crippen LogP contribution is 2.49. The molecule has 2 N–H and O–H groups in total. The summed E-state index contributed by atoms with van der Waals surface area (Å²) in [5.74, 6) is 0.773. The SMILES string of the molecule is CCC(C)CN(CC)C1(CN)CCCC1(C)C. The Kier molecular flexibility index (Phi) is 5.03. The lowest BCUT2D eigenvalue weighted by Gasteiger charge is -2.50. The van der Waals surface area contributed by atoms with E-state index in [1.165, 1.54) is 32.2 Å². The van der Waals surface area contributed by atoms with E-state index in [0.717, 1.165) is 19.0 Å². The van der Waals surface area contributed by atoms with Crippen LogP contribution in [0.15, 0.2) is 0 Å². The third-order valence-corrected chi connectivity index (χ3v) is 5.21. The summed E-state index contributed by atoms with van der Waals surface area (Å²) < 4.78 is 0. The molecule has 0 spiro atoms. The van der Waals surface area contributed by atoms with Crippen LogP contribution in [0.4, 0.5) is 0 Å². The van der Waals surface area contributed by atoms with Crippen molar-refractivity contribution in [1.82, 2.24) is 4.90 Å². The molecule has 0 aromatic heterocycles. The van der Waals surface area contributed by atoms with E-state index in [9.17, 15) is 0 Å². The lowest BCUT2D eigenvalue weighted by molar-refractivity contribution is 0.00666. The third-order valence-electron chi connectivity index (χ3n) is 5.21. The molecule has 0 saturated heterocycles. The van der Waals surface area contributed by atoms with Crippen LogP contribution in [0.1, 0.15) is 60.3 Å². The number of nitrogens with two attached hydrogens (primary N) is 1. The molecule has 0 radical (unpaired) electrons. The summed E-state index contributed by atoms with van der Waals surface area (Å²) in [6, 6.07) is 0. The topological polar surface area (TPSA) is 29.3 Å². The van der Waals surface area contributed by atoms with E-state index in [4.69, 9.17) is 5.73 Å². The van der Waals surface area contributed by atoms with Gasteiger partial charge in [0.2, 0.25) is 0 Å². The van der Waals surface area contributed by atoms with Crippen LogP contribution in [0.2, 0.25) is 0 Å². The van der Waals surface area contributed by atoms with Crippen molar-refractivity contribution in [2.45, 2.75) is 65.8 Å². The third kappa shape index (κ3) is 2.68. The first-order valence-corrected chi connectivity index (χ1v) is 7.38. The van der Waals surface area contributed by atoms with Crippen molar-refractivity contribution in [2.24, 2.45) is 17.1 Å². The Morgan fingerprint density at radius 2 is 1.88 bits per heavy atom. The Hall–Kier alpha value is -0.0800. The van der Waals surface area contributed by atoms with Gasteiger partial charge in [0.25, 0.3) is 0 Å². The molecule has 1 saturated carbocycles. The van der Waals surface area contributed by atoms with Crippen LogP contribution in [-0.2, 0) is 0 Å².